The highest BCUT2D eigenvalue weighted by Crippen LogP contribution is 2.27. The Kier molecular flexibility index (Phi) is 4.28. The molecule has 0 aliphatic heterocycles. The molecule has 5 nitrogen and oxygen atoms in total. The lowest BCUT2D eigenvalue weighted by atomic mass is 10.1. The van der Waals surface area contributed by atoms with Crippen LogP contribution in [0.25, 0.3) is 0 Å². The van der Waals surface area contributed by atoms with Crippen LogP contribution in [0.5, 0.6) is 11.5 Å². The van der Waals surface area contributed by atoms with Gasteiger partial charge in [-0.2, -0.15) is 5.10 Å². The molecule has 2 rings (SSSR count). The summed E-state index contributed by atoms with van der Waals surface area (Å²) in [7, 11) is 3.29. The van der Waals surface area contributed by atoms with Crippen LogP contribution in [-0.4, -0.2) is 24.0 Å². The largest absolute Gasteiger partial charge is 0.493 e. The average molecular weight is 261 g/mol. The van der Waals surface area contributed by atoms with Gasteiger partial charge in [-0.1, -0.05) is 6.07 Å². The molecule has 0 fully saturated rings. The molecule has 2 aromatic rings. The van der Waals surface area contributed by atoms with Crippen LogP contribution in [0.3, 0.4) is 0 Å². The lowest BCUT2D eigenvalue weighted by Crippen LogP contribution is -2.00. The molecule has 0 saturated heterocycles. The zero-order valence-corrected chi connectivity index (χ0v) is 11.3. The summed E-state index contributed by atoms with van der Waals surface area (Å²) < 4.78 is 12.4. The van der Waals surface area contributed by atoms with Gasteiger partial charge in [0, 0.05) is 12.7 Å². The molecule has 0 spiro atoms. The van der Waals surface area contributed by atoms with Crippen molar-refractivity contribution in [1.29, 1.82) is 0 Å². The average Bonchev–Trinajstić information content (AvgIpc) is 2.84. The number of nitrogens with zero attached hydrogens (tertiary/aromatic N) is 2. The number of hydrogen-bond acceptors (Lipinski definition) is 4. The van der Waals surface area contributed by atoms with E-state index in [1.54, 1.807) is 20.4 Å². The van der Waals surface area contributed by atoms with Gasteiger partial charge < -0.3 is 15.2 Å². The molecule has 0 bridgehead atoms. The second-order valence-corrected chi connectivity index (χ2v) is 4.33. The Morgan fingerprint density at radius 3 is 2.63 bits per heavy atom. The Hall–Kier alpha value is -2.17. The number of aromatic nitrogens is 2. The molecule has 5 heteroatoms. The van der Waals surface area contributed by atoms with E-state index in [1.165, 1.54) is 5.56 Å². The van der Waals surface area contributed by atoms with Crippen molar-refractivity contribution in [3.63, 3.8) is 0 Å². The summed E-state index contributed by atoms with van der Waals surface area (Å²) in [6.45, 7) is 0.853. The van der Waals surface area contributed by atoms with E-state index in [2.05, 4.69) is 11.2 Å². The maximum atomic E-state index is 5.62. The molecule has 0 radical (unpaired) electrons. The zero-order valence-electron chi connectivity index (χ0n) is 11.3. The van der Waals surface area contributed by atoms with E-state index in [9.17, 15) is 0 Å². The van der Waals surface area contributed by atoms with Crippen LogP contribution in [0.4, 0.5) is 5.69 Å². The Bertz CT molecular complexity index is 537. The van der Waals surface area contributed by atoms with Crippen molar-refractivity contribution in [2.24, 2.45) is 0 Å². The van der Waals surface area contributed by atoms with Gasteiger partial charge in [0.05, 0.1) is 26.1 Å². The van der Waals surface area contributed by atoms with Crippen molar-refractivity contribution < 1.29 is 9.47 Å². The van der Waals surface area contributed by atoms with Crippen LogP contribution in [0.15, 0.2) is 30.6 Å². The SMILES string of the molecule is COc1ccc(CCCn2cc(N)cn2)cc1OC. The zero-order chi connectivity index (χ0) is 13.7. The molecule has 0 atom stereocenters. The monoisotopic (exact) mass is 261 g/mol. The standard InChI is InChI=1S/C14H19N3O2/c1-18-13-6-5-11(8-14(13)19-2)4-3-7-17-10-12(15)9-16-17/h5-6,8-10H,3-4,7,15H2,1-2H3. The van der Waals surface area contributed by atoms with Crippen LogP contribution in [0.2, 0.25) is 0 Å². The fourth-order valence-electron chi connectivity index (χ4n) is 1.98. The van der Waals surface area contributed by atoms with Crippen molar-refractivity contribution in [3.8, 4) is 11.5 Å². The van der Waals surface area contributed by atoms with Gasteiger partial charge in [-0.15, -0.1) is 0 Å². The first-order valence-electron chi connectivity index (χ1n) is 6.21. The molecule has 0 amide bonds. The predicted molar refractivity (Wildman–Crippen MR) is 74.5 cm³/mol. The minimum atomic E-state index is 0.700. The quantitative estimate of drug-likeness (QED) is 0.865. The summed E-state index contributed by atoms with van der Waals surface area (Å²) >= 11 is 0. The minimum absolute atomic E-state index is 0.700. The first-order valence-corrected chi connectivity index (χ1v) is 6.21. The Balaban J connectivity index is 1.92. The van der Waals surface area contributed by atoms with E-state index in [0.29, 0.717) is 5.69 Å². The number of rotatable bonds is 6. The number of ether oxygens (including phenoxy) is 2. The van der Waals surface area contributed by atoms with Gasteiger partial charge in [-0.05, 0) is 30.5 Å². The lowest BCUT2D eigenvalue weighted by Gasteiger charge is -2.09. The van der Waals surface area contributed by atoms with E-state index in [1.807, 2.05) is 23.0 Å². The molecule has 0 aliphatic rings. The van der Waals surface area contributed by atoms with Crippen LogP contribution >= 0.6 is 0 Å². The summed E-state index contributed by atoms with van der Waals surface area (Å²) in [6.07, 6.45) is 5.46. The second-order valence-electron chi connectivity index (χ2n) is 4.33. The molecule has 102 valence electrons. The highest BCUT2D eigenvalue weighted by molar-refractivity contribution is 5.42. The normalized spacial score (nSPS) is 10.4. The van der Waals surface area contributed by atoms with Gasteiger partial charge in [0.15, 0.2) is 11.5 Å². The third-order valence-corrected chi connectivity index (χ3v) is 2.95. The van der Waals surface area contributed by atoms with E-state index in [-0.39, 0.29) is 0 Å². The number of methoxy groups -OCH3 is 2. The van der Waals surface area contributed by atoms with Gasteiger partial charge in [-0.25, -0.2) is 0 Å². The third kappa shape index (κ3) is 3.40. The van der Waals surface area contributed by atoms with Crippen LogP contribution in [0.1, 0.15) is 12.0 Å². The van der Waals surface area contributed by atoms with E-state index in [4.69, 9.17) is 15.2 Å². The highest BCUT2D eigenvalue weighted by Gasteiger charge is 2.04. The first-order chi connectivity index (χ1) is 9.22. The van der Waals surface area contributed by atoms with E-state index < -0.39 is 0 Å². The molecule has 19 heavy (non-hydrogen) atoms. The van der Waals surface area contributed by atoms with Crippen molar-refractivity contribution in [2.75, 3.05) is 20.0 Å². The predicted octanol–water partition coefficient (Wildman–Crippen LogP) is 2.12. The molecule has 1 heterocycles. The van der Waals surface area contributed by atoms with Gasteiger partial charge in [0.25, 0.3) is 0 Å². The maximum Gasteiger partial charge on any atom is 0.160 e. The maximum absolute atomic E-state index is 5.62. The molecule has 2 N–H and O–H groups in total. The van der Waals surface area contributed by atoms with Gasteiger partial charge in [0.1, 0.15) is 0 Å². The second kappa shape index (κ2) is 6.13. The smallest absolute Gasteiger partial charge is 0.160 e. The van der Waals surface area contributed by atoms with Crippen molar-refractivity contribution in [3.05, 3.63) is 36.2 Å². The summed E-state index contributed by atoms with van der Waals surface area (Å²) in [5, 5.41) is 4.16. The summed E-state index contributed by atoms with van der Waals surface area (Å²) in [5.74, 6) is 1.52. The molecule has 1 aromatic heterocycles. The summed E-state index contributed by atoms with van der Waals surface area (Å²) in [4.78, 5) is 0. The topological polar surface area (TPSA) is 62.3 Å². The van der Waals surface area contributed by atoms with Crippen LogP contribution in [-0.2, 0) is 13.0 Å². The minimum Gasteiger partial charge on any atom is -0.493 e. The fourth-order valence-corrected chi connectivity index (χ4v) is 1.98. The number of hydrogen-bond donors (Lipinski definition) is 1. The molecular formula is C14H19N3O2. The van der Waals surface area contributed by atoms with E-state index >= 15 is 0 Å². The van der Waals surface area contributed by atoms with Crippen molar-refractivity contribution in [2.45, 2.75) is 19.4 Å². The number of aryl methyl sites for hydroxylation is 2. The molecule has 0 aliphatic carbocycles. The first kappa shape index (κ1) is 13.3. The van der Waals surface area contributed by atoms with Crippen molar-refractivity contribution in [1.82, 2.24) is 9.78 Å². The number of nitrogen functional groups attached to an aromatic ring is 1. The van der Waals surface area contributed by atoms with E-state index in [0.717, 1.165) is 30.9 Å². The lowest BCUT2D eigenvalue weighted by molar-refractivity contribution is 0.354. The van der Waals surface area contributed by atoms with Crippen LogP contribution < -0.4 is 15.2 Å². The fraction of sp³-hybridized carbons (Fsp3) is 0.357. The van der Waals surface area contributed by atoms with Gasteiger partial charge >= 0.3 is 0 Å². The molecule has 1 aromatic carbocycles. The Morgan fingerprint density at radius 2 is 2.00 bits per heavy atom. The van der Waals surface area contributed by atoms with Gasteiger partial charge in [0.2, 0.25) is 0 Å². The van der Waals surface area contributed by atoms with Crippen LogP contribution in [0, 0.1) is 0 Å². The molecule has 0 unspecified atom stereocenters. The molecular weight excluding hydrogens is 242 g/mol. The van der Waals surface area contributed by atoms with Crippen molar-refractivity contribution >= 4 is 5.69 Å². The molecule has 0 saturated carbocycles. The summed E-state index contributed by atoms with van der Waals surface area (Å²) in [6, 6.07) is 6.00. The highest BCUT2D eigenvalue weighted by atomic mass is 16.5. The third-order valence-electron chi connectivity index (χ3n) is 2.95. The number of anilines is 1. The number of benzene rings is 1. The number of nitrogens with two attached hydrogens (primary N) is 1. The summed E-state index contributed by atoms with van der Waals surface area (Å²) in [5.41, 5.74) is 7.54. The Labute approximate surface area is 112 Å². The van der Waals surface area contributed by atoms with Gasteiger partial charge in [-0.3, -0.25) is 4.68 Å². The Morgan fingerprint density at radius 1 is 1.21 bits per heavy atom.